The first kappa shape index (κ1) is 9.53. The van der Waals surface area contributed by atoms with E-state index in [2.05, 4.69) is 30.5 Å². The first-order valence-corrected chi connectivity index (χ1v) is 5.23. The van der Waals surface area contributed by atoms with Crippen LogP contribution in [0.25, 0.3) is 0 Å². The van der Waals surface area contributed by atoms with Gasteiger partial charge in [0, 0.05) is 6.04 Å². The Hall–Kier alpha value is -1.02. The summed E-state index contributed by atoms with van der Waals surface area (Å²) in [5.74, 6) is 2.02. The summed E-state index contributed by atoms with van der Waals surface area (Å²) in [6.45, 7) is 4.13. The summed E-state index contributed by atoms with van der Waals surface area (Å²) in [5.41, 5.74) is 0. The number of hydrogen-bond donors (Lipinski definition) is 1. The molecular formula is C12H17NO. The molecule has 0 aromatic carbocycles. The average molecular weight is 191 g/mol. The topological polar surface area (TPSA) is 25.2 Å². The van der Waals surface area contributed by atoms with E-state index < -0.39 is 0 Å². The molecule has 1 unspecified atom stereocenters. The largest absolute Gasteiger partial charge is 0.465 e. The molecule has 0 saturated carbocycles. The van der Waals surface area contributed by atoms with Gasteiger partial charge in [-0.25, -0.2) is 0 Å². The summed E-state index contributed by atoms with van der Waals surface area (Å²) in [5, 5.41) is 3.55. The van der Waals surface area contributed by atoms with Gasteiger partial charge in [0.05, 0.1) is 6.04 Å². The predicted molar refractivity (Wildman–Crippen MR) is 57.2 cm³/mol. The molecule has 1 atom stereocenters. The van der Waals surface area contributed by atoms with Crippen LogP contribution in [-0.4, -0.2) is 6.04 Å². The van der Waals surface area contributed by atoms with Crippen molar-refractivity contribution in [2.45, 2.75) is 38.8 Å². The van der Waals surface area contributed by atoms with E-state index >= 15 is 0 Å². The van der Waals surface area contributed by atoms with Crippen LogP contribution in [0.4, 0.5) is 0 Å². The van der Waals surface area contributed by atoms with Gasteiger partial charge < -0.3 is 9.73 Å². The standard InChI is InChI=1S/C12H17NO/c1-9-7-8-12(14-9)10(2)13-11-5-3-4-6-11/h3-4,7-8,10-11,13H,5-6H2,1-2H3. The van der Waals surface area contributed by atoms with Gasteiger partial charge >= 0.3 is 0 Å². The lowest BCUT2D eigenvalue weighted by atomic mass is 10.2. The number of aryl methyl sites for hydroxylation is 1. The van der Waals surface area contributed by atoms with Crippen molar-refractivity contribution in [3.63, 3.8) is 0 Å². The summed E-state index contributed by atoms with van der Waals surface area (Å²) in [7, 11) is 0. The van der Waals surface area contributed by atoms with Crippen LogP contribution in [0.5, 0.6) is 0 Å². The van der Waals surface area contributed by atoms with Gasteiger partial charge in [-0.05, 0) is 38.8 Å². The molecule has 0 saturated heterocycles. The van der Waals surface area contributed by atoms with Gasteiger partial charge in [-0.3, -0.25) is 0 Å². The van der Waals surface area contributed by atoms with Crippen LogP contribution in [0.15, 0.2) is 28.7 Å². The minimum absolute atomic E-state index is 0.314. The fraction of sp³-hybridized carbons (Fsp3) is 0.500. The van der Waals surface area contributed by atoms with Crippen molar-refractivity contribution in [2.75, 3.05) is 0 Å². The van der Waals surface area contributed by atoms with E-state index in [9.17, 15) is 0 Å². The second kappa shape index (κ2) is 4.01. The highest BCUT2D eigenvalue weighted by atomic mass is 16.3. The maximum absolute atomic E-state index is 5.57. The third kappa shape index (κ3) is 2.07. The third-order valence-electron chi connectivity index (χ3n) is 2.68. The summed E-state index contributed by atoms with van der Waals surface area (Å²) >= 11 is 0. The number of furan rings is 1. The second-order valence-electron chi connectivity index (χ2n) is 3.98. The van der Waals surface area contributed by atoms with Crippen LogP contribution in [0, 0.1) is 6.92 Å². The fourth-order valence-electron chi connectivity index (χ4n) is 1.88. The zero-order chi connectivity index (χ0) is 9.97. The molecule has 1 aromatic rings. The highest BCUT2D eigenvalue weighted by Gasteiger charge is 2.15. The third-order valence-corrected chi connectivity index (χ3v) is 2.68. The van der Waals surface area contributed by atoms with E-state index in [1.807, 2.05) is 13.0 Å². The summed E-state index contributed by atoms with van der Waals surface area (Å²) in [6.07, 6.45) is 6.75. The molecule has 0 bridgehead atoms. The van der Waals surface area contributed by atoms with E-state index in [1.54, 1.807) is 0 Å². The predicted octanol–water partition coefficient (Wildman–Crippen LogP) is 2.96. The molecule has 0 spiro atoms. The van der Waals surface area contributed by atoms with E-state index in [0.717, 1.165) is 24.4 Å². The Morgan fingerprint density at radius 2 is 2.07 bits per heavy atom. The molecule has 1 aliphatic carbocycles. The zero-order valence-corrected chi connectivity index (χ0v) is 8.79. The first-order valence-electron chi connectivity index (χ1n) is 5.23. The monoisotopic (exact) mass is 191 g/mol. The number of hydrogen-bond acceptors (Lipinski definition) is 2. The molecule has 1 aromatic heterocycles. The minimum Gasteiger partial charge on any atom is -0.465 e. The molecule has 0 amide bonds. The molecule has 76 valence electrons. The lowest BCUT2D eigenvalue weighted by Gasteiger charge is -2.17. The van der Waals surface area contributed by atoms with Crippen molar-refractivity contribution in [3.8, 4) is 0 Å². The van der Waals surface area contributed by atoms with Gasteiger partial charge in [0.2, 0.25) is 0 Å². The molecule has 0 radical (unpaired) electrons. The van der Waals surface area contributed by atoms with Crippen LogP contribution >= 0.6 is 0 Å². The molecule has 1 N–H and O–H groups in total. The lowest BCUT2D eigenvalue weighted by Crippen LogP contribution is -2.28. The van der Waals surface area contributed by atoms with Crippen LogP contribution in [0.1, 0.15) is 37.3 Å². The molecule has 1 aliphatic rings. The minimum atomic E-state index is 0.314. The van der Waals surface area contributed by atoms with Crippen molar-refractivity contribution >= 4 is 0 Å². The molecule has 2 rings (SSSR count). The van der Waals surface area contributed by atoms with Crippen LogP contribution in [0.2, 0.25) is 0 Å². The van der Waals surface area contributed by atoms with Crippen molar-refractivity contribution in [3.05, 3.63) is 35.8 Å². The molecule has 2 heteroatoms. The van der Waals surface area contributed by atoms with E-state index in [4.69, 9.17) is 4.42 Å². The van der Waals surface area contributed by atoms with Crippen LogP contribution < -0.4 is 5.32 Å². The summed E-state index contributed by atoms with van der Waals surface area (Å²) in [6, 6.07) is 4.97. The van der Waals surface area contributed by atoms with Crippen molar-refractivity contribution in [1.29, 1.82) is 0 Å². The maximum Gasteiger partial charge on any atom is 0.120 e. The van der Waals surface area contributed by atoms with E-state index in [1.165, 1.54) is 0 Å². The van der Waals surface area contributed by atoms with Gasteiger partial charge in [0.1, 0.15) is 11.5 Å². The Morgan fingerprint density at radius 3 is 2.64 bits per heavy atom. The van der Waals surface area contributed by atoms with Crippen molar-refractivity contribution in [1.82, 2.24) is 5.32 Å². The van der Waals surface area contributed by atoms with Gasteiger partial charge in [0.15, 0.2) is 0 Å². The Morgan fingerprint density at radius 1 is 1.36 bits per heavy atom. The first-order chi connectivity index (χ1) is 6.75. The Balaban J connectivity index is 1.92. The van der Waals surface area contributed by atoms with Crippen molar-refractivity contribution in [2.24, 2.45) is 0 Å². The van der Waals surface area contributed by atoms with Gasteiger partial charge in [0.25, 0.3) is 0 Å². The SMILES string of the molecule is Cc1ccc(C(C)NC2CC=CC2)o1. The van der Waals surface area contributed by atoms with Crippen molar-refractivity contribution < 1.29 is 4.42 Å². The highest BCUT2D eigenvalue weighted by molar-refractivity contribution is 5.10. The molecule has 2 nitrogen and oxygen atoms in total. The normalized spacial score (nSPS) is 19.0. The lowest BCUT2D eigenvalue weighted by molar-refractivity contribution is 0.385. The molecule has 1 heterocycles. The highest BCUT2D eigenvalue weighted by Crippen LogP contribution is 2.19. The Labute approximate surface area is 85.0 Å². The zero-order valence-electron chi connectivity index (χ0n) is 8.79. The Bertz CT molecular complexity index is 319. The molecule has 0 aliphatic heterocycles. The van der Waals surface area contributed by atoms with E-state index in [-0.39, 0.29) is 0 Å². The average Bonchev–Trinajstić information content (AvgIpc) is 2.75. The molecule has 0 fully saturated rings. The van der Waals surface area contributed by atoms with Gasteiger partial charge in [-0.15, -0.1) is 0 Å². The number of rotatable bonds is 3. The maximum atomic E-state index is 5.57. The molecular weight excluding hydrogens is 174 g/mol. The number of nitrogens with one attached hydrogen (secondary N) is 1. The quantitative estimate of drug-likeness (QED) is 0.743. The van der Waals surface area contributed by atoms with Crippen LogP contribution in [-0.2, 0) is 0 Å². The Kier molecular flexibility index (Phi) is 2.73. The summed E-state index contributed by atoms with van der Waals surface area (Å²) in [4.78, 5) is 0. The molecule has 14 heavy (non-hydrogen) atoms. The van der Waals surface area contributed by atoms with E-state index in [0.29, 0.717) is 12.1 Å². The van der Waals surface area contributed by atoms with Gasteiger partial charge in [-0.2, -0.15) is 0 Å². The fourth-order valence-corrected chi connectivity index (χ4v) is 1.88. The smallest absolute Gasteiger partial charge is 0.120 e. The van der Waals surface area contributed by atoms with Gasteiger partial charge in [-0.1, -0.05) is 12.2 Å². The second-order valence-corrected chi connectivity index (χ2v) is 3.98. The van der Waals surface area contributed by atoms with Crippen LogP contribution in [0.3, 0.4) is 0 Å². The summed E-state index contributed by atoms with van der Waals surface area (Å²) < 4.78 is 5.57.